The molecule has 8 nitrogen and oxygen atoms in total. The van der Waals surface area contributed by atoms with Crippen LogP contribution < -0.4 is 20.5 Å². The molecule has 32 heavy (non-hydrogen) atoms. The fraction of sp³-hybridized carbons (Fsp3) is 0.250. The summed E-state index contributed by atoms with van der Waals surface area (Å²) in [6.45, 7) is 0.377. The number of pyridine rings is 1. The number of aliphatic hydroxyl groups is 2. The van der Waals surface area contributed by atoms with Crippen LogP contribution in [0.3, 0.4) is 0 Å². The summed E-state index contributed by atoms with van der Waals surface area (Å²) in [6.07, 6.45) is 1.32. The minimum atomic E-state index is -0.705. The third kappa shape index (κ3) is 7.35. The van der Waals surface area contributed by atoms with Crippen molar-refractivity contribution in [1.82, 2.24) is 10.3 Å². The van der Waals surface area contributed by atoms with Crippen LogP contribution >= 0.6 is 0 Å². The van der Waals surface area contributed by atoms with Crippen LogP contribution in [0, 0.1) is 0 Å². The van der Waals surface area contributed by atoms with Crippen molar-refractivity contribution in [3.8, 4) is 17.4 Å². The van der Waals surface area contributed by atoms with Gasteiger partial charge >= 0.3 is 0 Å². The van der Waals surface area contributed by atoms with Crippen LogP contribution in [-0.4, -0.2) is 53.0 Å². The topological polar surface area (TPSA) is 127 Å². The largest absolute Gasteiger partial charge is 0.491 e. The van der Waals surface area contributed by atoms with Crippen LogP contribution in [0.25, 0.3) is 0 Å². The van der Waals surface area contributed by atoms with Crippen molar-refractivity contribution in [2.45, 2.75) is 18.6 Å². The van der Waals surface area contributed by atoms with Crippen molar-refractivity contribution in [2.75, 3.05) is 19.8 Å². The van der Waals surface area contributed by atoms with Crippen LogP contribution in [0.15, 0.2) is 72.9 Å². The number of nitrogens with one attached hydrogen (secondary N) is 1. The van der Waals surface area contributed by atoms with Crippen molar-refractivity contribution in [1.29, 1.82) is 0 Å². The summed E-state index contributed by atoms with van der Waals surface area (Å²) in [5, 5.41) is 23.0. The molecule has 1 amide bonds. The molecule has 2 aromatic carbocycles. The molecule has 0 spiro atoms. The Labute approximate surface area is 186 Å². The molecule has 0 unspecified atom stereocenters. The van der Waals surface area contributed by atoms with E-state index >= 15 is 0 Å². The molecule has 5 N–H and O–H groups in total. The average Bonchev–Trinajstić information content (AvgIpc) is 2.82. The maximum absolute atomic E-state index is 11.3. The number of amides is 1. The Morgan fingerprint density at radius 3 is 2.50 bits per heavy atom. The van der Waals surface area contributed by atoms with Gasteiger partial charge in [0.2, 0.25) is 11.8 Å². The molecule has 1 heterocycles. The van der Waals surface area contributed by atoms with Gasteiger partial charge in [0.1, 0.15) is 24.2 Å². The van der Waals surface area contributed by atoms with Crippen molar-refractivity contribution in [3.63, 3.8) is 0 Å². The predicted molar refractivity (Wildman–Crippen MR) is 120 cm³/mol. The number of aromatic nitrogens is 1. The first-order chi connectivity index (χ1) is 15.5. The molecule has 0 radical (unpaired) electrons. The minimum Gasteiger partial charge on any atom is -0.491 e. The Morgan fingerprint density at radius 1 is 1.06 bits per heavy atom. The normalized spacial score (nSPS) is 12.7. The van der Waals surface area contributed by atoms with Crippen molar-refractivity contribution < 1.29 is 24.5 Å². The molecule has 0 aliphatic heterocycles. The van der Waals surface area contributed by atoms with E-state index in [9.17, 15) is 15.0 Å². The number of primary amides is 1. The fourth-order valence-electron chi connectivity index (χ4n) is 2.99. The number of nitrogens with two attached hydrogens (primary N) is 1. The van der Waals surface area contributed by atoms with Crippen molar-refractivity contribution >= 4 is 5.91 Å². The first-order valence-electron chi connectivity index (χ1n) is 10.3. The lowest BCUT2D eigenvalue weighted by molar-refractivity contribution is 0.0995. The number of benzene rings is 2. The van der Waals surface area contributed by atoms with Crippen molar-refractivity contribution in [3.05, 3.63) is 84.1 Å². The Hall–Kier alpha value is -3.46. The molecule has 3 rings (SSSR count). The number of rotatable bonds is 12. The molecule has 0 aliphatic rings. The molecule has 3 aromatic rings. The third-order valence-corrected chi connectivity index (χ3v) is 4.70. The summed E-state index contributed by atoms with van der Waals surface area (Å²) >= 11 is 0. The lowest BCUT2D eigenvalue weighted by Crippen LogP contribution is -2.41. The van der Waals surface area contributed by atoms with E-state index < -0.39 is 12.0 Å². The van der Waals surface area contributed by atoms with Crippen LogP contribution in [-0.2, 0) is 6.42 Å². The average molecular weight is 437 g/mol. The predicted octanol–water partition coefficient (Wildman–Crippen LogP) is 1.91. The number of carbonyl (C=O) groups is 1. The molecule has 0 aliphatic carbocycles. The van der Waals surface area contributed by atoms with E-state index in [1.807, 2.05) is 42.5 Å². The maximum atomic E-state index is 11.3. The quantitative estimate of drug-likeness (QED) is 0.341. The zero-order valence-electron chi connectivity index (χ0n) is 17.6. The first-order valence-corrected chi connectivity index (χ1v) is 10.3. The number of para-hydroxylation sites is 1. The van der Waals surface area contributed by atoms with Gasteiger partial charge in [0, 0.05) is 30.4 Å². The molecule has 0 bridgehead atoms. The summed E-state index contributed by atoms with van der Waals surface area (Å²) in [5.74, 6) is 0.983. The Morgan fingerprint density at radius 2 is 1.81 bits per heavy atom. The van der Waals surface area contributed by atoms with Gasteiger partial charge in [-0.15, -0.1) is 0 Å². The highest BCUT2D eigenvalue weighted by molar-refractivity contribution is 5.92. The standard InChI is InChI=1S/C24H27N3O5/c25-24(30)18-10-11-26-23(13-18)32-22-8-6-17(7-9-22)12-19(15-28)27-14-20(29)16-31-21-4-2-1-3-5-21/h1-11,13,19-20,27-29H,12,14-16H2,(H2,25,30)/t19-,20-/m0/s1. The summed E-state index contributed by atoms with van der Waals surface area (Å²) in [5.41, 5.74) is 6.57. The van der Waals surface area contributed by atoms with Gasteiger partial charge in [-0.05, 0) is 42.3 Å². The van der Waals surface area contributed by atoms with E-state index in [2.05, 4.69) is 10.3 Å². The number of carbonyl (C=O) groups excluding carboxylic acids is 1. The number of ether oxygens (including phenoxy) is 2. The molecule has 0 saturated heterocycles. The molecule has 168 valence electrons. The molecule has 1 aromatic heterocycles. The van der Waals surface area contributed by atoms with Crippen LogP contribution in [0.4, 0.5) is 0 Å². The Kier molecular flexibility index (Phi) is 8.56. The van der Waals surface area contributed by atoms with Gasteiger partial charge in [-0.2, -0.15) is 0 Å². The first kappa shape index (κ1) is 23.2. The number of hydrogen-bond donors (Lipinski definition) is 4. The molecular weight excluding hydrogens is 410 g/mol. The molecular formula is C24H27N3O5. The lowest BCUT2D eigenvalue weighted by atomic mass is 10.1. The zero-order chi connectivity index (χ0) is 22.8. The number of hydrogen-bond acceptors (Lipinski definition) is 7. The summed E-state index contributed by atoms with van der Waals surface area (Å²) in [7, 11) is 0. The van der Waals surface area contributed by atoms with E-state index in [1.54, 1.807) is 12.1 Å². The van der Waals surface area contributed by atoms with E-state index in [0.29, 0.717) is 30.0 Å². The number of nitrogens with zero attached hydrogens (tertiary/aromatic N) is 1. The molecule has 8 heteroatoms. The molecule has 2 atom stereocenters. The van der Waals surface area contributed by atoms with Gasteiger partial charge in [-0.3, -0.25) is 4.79 Å². The highest BCUT2D eigenvalue weighted by Crippen LogP contribution is 2.21. The highest BCUT2D eigenvalue weighted by atomic mass is 16.5. The number of aliphatic hydroxyl groups excluding tert-OH is 2. The summed E-state index contributed by atoms with van der Waals surface area (Å²) in [6, 6.07) is 19.4. The van der Waals surface area contributed by atoms with Crippen molar-refractivity contribution in [2.24, 2.45) is 5.73 Å². The van der Waals surface area contributed by atoms with E-state index in [-0.39, 0.29) is 25.1 Å². The van der Waals surface area contributed by atoms with Gasteiger partial charge in [-0.25, -0.2) is 4.98 Å². The lowest BCUT2D eigenvalue weighted by Gasteiger charge is -2.19. The van der Waals surface area contributed by atoms with Gasteiger partial charge in [-0.1, -0.05) is 30.3 Å². The monoisotopic (exact) mass is 437 g/mol. The molecule has 0 saturated carbocycles. The molecule has 0 fully saturated rings. The van der Waals surface area contributed by atoms with Crippen LogP contribution in [0.5, 0.6) is 17.4 Å². The van der Waals surface area contributed by atoms with Gasteiger partial charge in [0.25, 0.3) is 0 Å². The van der Waals surface area contributed by atoms with E-state index in [4.69, 9.17) is 15.2 Å². The van der Waals surface area contributed by atoms with Gasteiger partial charge in [0.05, 0.1) is 6.61 Å². The van der Waals surface area contributed by atoms with Crippen LogP contribution in [0.1, 0.15) is 15.9 Å². The van der Waals surface area contributed by atoms with Gasteiger partial charge in [0.15, 0.2) is 0 Å². The SMILES string of the molecule is NC(=O)c1ccnc(Oc2ccc(C[C@@H](CO)NC[C@H](O)COc3ccccc3)cc2)c1. The van der Waals surface area contributed by atoms with Crippen LogP contribution in [0.2, 0.25) is 0 Å². The minimum absolute atomic E-state index is 0.0751. The second-order valence-corrected chi connectivity index (χ2v) is 7.26. The smallest absolute Gasteiger partial charge is 0.248 e. The zero-order valence-corrected chi connectivity index (χ0v) is 17.6. The highest BCUT2D eigenvalue weighted by Gasteiger charge is 2.12. The summed E-state index contributed by atoms with van der Waals surface area (Å²) < 4.78 is 11.2. The Balaban J connectivity index is 1.46. The third-order valence-electron chi connectivity index (χ3n) is 4.70. The fourth-order valence-corrected chi connectivity index (χ4v) is 2.99. The second kappa shape index (κ2) is 11.8. The second-order valence-electron chi connectivity index (χ2n) is 7.26. The summed E-state index contributed by atoms with van der Waals surface area (Å²) in [4.78, 5) is 15.3. The maximum Gasteiger partial charge on any atom is 0.248 e. The van der Waals surface area contributed by atoms with Gasteiger partial charge < -0.3 is 30.7 Å². The van der Waals surface area contributed by atoms with E-state index in [1.165, 1.54) is 18.3 Å². The van der Waals surface area contributed by atoms with E-state index in [0.717, 1.165) is 5.56 Å². The Bertz CT molecular complexity index is 982.